The lowest BCUT2D eigenvalue weighted by atomic mass is 9.89. The topological polar surface area (TPSA) is 206 Å². The Morgan fingerprint density at radius 3 is 2.20 bits per heavy atom. The van der Waals surface area contributed by atoms with Crippen LogP contribution in [0.2, 0.25) is 0 Å². The number of aliphatic hydroxyl groups excluding tert-OH is 2. The molecule has 41 heavy (non-hydrogen) atoms. The average molecular weight is 617 g/mol. The summed E-state index contributed by atoms with van der Waals surface area (Å²) in [5.74, 6) is -5.26. The zero-order chi connectivity index (χ0) is 31.0. The highest BCUT2D eigenvalue weighted by molar-refractivity contribution is 7.89. The van der Waals surface area contributed by atoms with E-state index in [-0.39, 0.29) is 25.1 Å². The molecule has 1 fully saturated rings. The van der Waals surface area contributed by atoms with Gasteiger partial charge in [0.05, 0.1) is 11.9 Å². The highest BCUT2D eigenvalue weighted by atomic mass is 32.2. The van der Waals surface area contributed by atoms with Crippen molar-refractivity contribution in [2.75, 3.05) is 6.26 Å². The molecule has 0 amide bonds. The van der Waals surface area contributed by atoms with Gasteiger partial charge in [-0.05, 0) is 24.6 Å². The van der Waals surface area contributed by atoms with E-state index in [1.165, 1.54) is 11.1 Å². The quantitative estimate of drug-likeness (QED) is 0.271. The number of carboxylic acid groups (broad SMARTS) is 2. The Bertz CT molecular complexity index is 1360. The molecule has 1 aromatic heterocycles. The molecule has 3 heterocycles. The molecule has 1 aromatic carbocycles. The fraction of sp³-hybridized carbons (Fsp3) is 0.500. The van der Waals surface area contributed by atoms with Crippen molar-refractivity contribution in [3.05, 3.63) is 52.9 Å². The largest absolute Gasteiger partial charge is 0.479 e. The lowest BCUT2D eigenvalue weighted by Crippen LogP contribution is -2.58. The normalized spacial score (nSPS) is 24.6. The van der Waals surface area contributed by atoms with Gasteiger partial charge in [0.15, 0.2) is 18.3 Å². The molecule has 6 atom stereocenters. The van der Waals surface area contributed by atoms with E-state index in [2.05, 4.69) is 5.10 Å². The van der Waals surface area contributed by atoms with Crippen molar-refractivity contribution in [1.82, 2.24) is 14.1 Å². The van der Waals surface area contributed by atoms with Crippen molar-refractivity contribution in [3.8, 4) is 0 Å². The minimum atomic E-state index is -4.79. The van der Waals surface area contributed by atoms with Crippen molar-refractivity contribution in [1.29, 1.82) is 0 Å². The van der Waals surface area contributed by atoms with Crippen LogP contribution < -0.4 is 5.73 Å². The molecule has 0 bridgehead atoms. The van der Waals surface area contributed by atoms with E-state index in [1.807, 2.05) is 0 Å². The number of aromatic nitrogens is 2. The molecule has 2 aliphatic heterocycles. The number of alkyl halides is 3. The fourth-order valence-corrected chi connectivity index (χ4v) is 4.94. The van der Waals surface area contributed by atoms with E-state index in [9.17, 15) is 40.0 Å². The van der Waals surface area contributed by atoms with Crippen molar-refractivity contribution in [2.24, 2.45) is 5.73 Å². The zero-order valence-electron chi connectivity index (χ0n) is 20.9. The molecular weight excluding hydrogens is 591 g/mol. The molecule has 2 aromatic rings. The third kappa shape index (κ3) is 7.35. The van der Waals surface area contributed by atoms with Crippen LogP contribution >= 0.6 is 0 Å². The number of aliphatic carboxylic acids is 2. The number of ether oxygens (including phenoxy) is 1. The Hall–Kier alpha value is -3.23. The van der Waals surface area contributed by atoms with Crippen molar-refractivity contribution in [3.63, 3.8) is 0 Å². The number of rotatable bonds is 6. The predicted octanol–water partition coefficient (Wildman–Crippen LogP) is -0.0496. The number of nitrogens with two attached hydrogens (primary N) is 1. The maximum atomic E-state index is 14.2. The molecule has 0 aliphatic carbocycles. The highest BCUT2D eigenvalue weighted by Gasteiger charge is 2.54. The molecule has 0 spiro atoms. The van der Waals surface area contributed by atoms with Crippen LogP contribution in [0.4, 0.5) is 22.0 Å². The van der Waals surface area contributed by atoms with Gasteiger partial charge in [0, 0.05) is 42.5 Å². The Labute approximate surface area is 228 Å². The Morgan fingerprint density at radius 2 is 1.71 bits per heavy atom. The molecule has 13 nitrogen and oxygen atoms in total. The number of carbonyl (C=O) groups is 2. The summed E-state index contributed by atoms with van der Waals surface area (Å²) >= 11 is 0. The minimum absolute atomic E-state index is 0.0236. The van der Waals surface area contributed by atoms with Crippen LogP contribution in [-0.4, -0.2) is 97.7 Å². The highest BCUT2D eigenvalue weighted by Crippen LogP contribution is 2.42. The van der Waals surface area contributed by atoms with Crippen LogP contribution in [0.5, 0.6) is 0 Å². The summed E-state index contributed by atoms with van der Waals surface area (Å²) in [5, 5.41) is 36.5. The number of carboxylic acids is 2. The van der Waals surface area contributed by atoms with E-state index in [0.29, 0.717) is 11.3 Å². The van der Waals surface area contributed by atoms with Crippen molar-refractivity contribution in [2.45, 2.75) is 62.2 Å². The Kier molecular flexibility index (Phi) is 9.40. The molecule has 19 heteroatoms. The first kappa shape index (κ1) is 32.3. The lowest BCUT2D eigenvalue weighted by molar-refractivity contribution is -0.269. The van der Waals surface area contributed by atoms with Gasteiger partial charge < -0.3 is 30.9 Å². The van der Waals surface area contributed by atoms with Gasteiger partial charge in [0.2, 0.25) is 0 Å². The Balaban J connectivity index is 0.000000397. The standard InChI is InChI=1S/C18H19F5N4O3S.C4H6O6/c1-31(28,29)27-7-9-6-26(8-14(9)25-27)15-5-13(24)16(30-17(15)18(21,22)23)11-4-10(19)2-3-12(11)20;5-1(3(7)8)2(6)4(9)10/h2-4,7,13,15-17H,5-6,8,24H2,1H3;1-2,5-6H,(H,7,8)(H,9,10)/t13-,15+,16+,17-;/m0./s1. The maximum absolute atomic E-state index is 14.2. The Morgan fingerprint density at radius 1 is 1.12 bits per heavy atom. The summed E-state index contributed by atoms with van der Waals surface area (Å²) < 4.78 is 98.6. The zero-order valence-corrected chi connectivity index (χ0v) is 21.8. The molecule has 0 radical (unpaired) electrons. The molecule has 2 unspecified atom stereocenters. The van der Waals surface area contributed by atoms with Gasteiger partial charge >= 0.3 is 18.1 Å². The summed E-state index contributed by atoms with van der Waals surface area (Å²) in [5.41, 5.74) is 6.51. The SMILES string of the molecule is CS(=O)(=O)n1cc2c(n1)CN([C@@H]1C[C@H](N)[C@@H](c3cc(F)ccc3F)O[C@@H]1C(F)(F)F)C2.O=C(O)C(O)C(O)C(=O)O. The maximum Gasteiger partial charge on any atom is 0.416 e. The van der Waals surface area contributed by atoms with Crippen LogP contribution in [0.1, 0.15) is 29.3 Å². The third-order valence-electron chi connectivity index (χ3n) is 6.33. The van der Waals surface area contributed by atoms with Gasteiger partial charge in [-0.3, -0.25) is 4.90 Å². The average Bonchev–Trinajstić information content (AvgIpc) is 3.44. The second kappa shape index (κ2) is 11.9. The van der Waals surface area contributed by atoms with Crippen molar-refractivity contribution < 1.29 is 65.1 Å². The van der Waals surface area contributed by atoms with E-state index in [4.69, 9.17) is 30.9 Å². The van der Waals surface area contributed by atoms with E-state index in [1.54, 1.807) is 0 Å². The summed E-state index contributed by atoms with van der Waals surface area (Å²) in [6.45, 7) is 0.00134. The number of halogens is 5. The van der Waals surface area contributed by atoms with Crippen molar-refractivity contribution >= 4 is 22.0 Å². The monoisotopic (exact) mass is 616 g/mol. The van der Waals surface area contributed by atoms with Gasteiger partial charge in [0.25, 0.3) is 10.0 Å². The summed E-state index contributed by atoms with van der Waals surface area (Å²) in [6.07, 6.45) is -11.1. The third-order valence-corrected chi connectivity index (χ3v) is 7.20. The molecule has 228 valence electrons. The summed E-state index contributed by atoms with van der Waals surface area (Å²) in [4.78, 5) is 21.0. The minimum Gasteiger partial charge on any atom is -0.479 e. The first-order chi connectivity index (χ1) is 18.8. The van der Waals surface area contributed by atoms with Gasteiger partial charge in [0.1, 0.15) is 17.7 Å². The summed E-state index contributed by atoms with van der Waals surface area (Å²) in [7, 11) is -3.62. The van der Waals surface area contributed by atoms with Gasteiger partial charge in [-0.25, -0.2) is 26.8 Å². The van der Waals surface area contributed by atoms with Gasteiger partial charge in [-0.2, -0.15) is 22.4 Å². The van der Waals surface area contributed by atoms with Crippen LogP contribution in [0.3, 0.4) is 0 Å². The molecule has 6 N–H and O–H groups in total. The number of benzene rings is 1. The smallest absolute Gasteiger partial charge is 0.416 e. The predicted molar refractivity (Wildman–Crippen MR) is 125 cm³/mol. The molecule has 1 saturated heterocycles. The second-order valence-corrected chi connectivity index (χ2v) is 11.2. The molecule has 0 saturated carbocycles. The van der Waals surface area contributed by atoms with Crippen LogP contribution in [0.25, 0.3) is 0 Å². The number of nitrogens with zero attached hydrogens (tertiary/aromatic N) is 3. The van der Waals surface area contributed by atoms with Crippen LogP contribution in [0.15, 0.2) is 24.4 Å². The van der Waals surface area contributed by atoms with E-state index < -0.39 is 76.3 Å². The van der Waals surface area contributed by atoms with Crippen LogP contribution in [0, 0.1) is 11.6 Å². The van der Waals surface area contributed by atoms with E-state index >= 15 is 0 Å². The fourth-order valence-electron chi connectivity index (χ4n) is 4.37. The lowest BCUT2D eigenvalue weighted by Gasteiger charge is -2.44. The number of fused-ring (bicyclic) bond motifs is 1. The summed E-state index contributed by atoms with van der Waals surface area (Å²) in [6, 6.07) is 0.226. The molecular formula is C22H25F5N4O9S. The number of hydrogen-bond acceptors (Lipinski definition) is 10. The number of hydrogen-bond donors (Lipinski definition) is 5. The molecule has 2 aliphatic rings. The van der Waals surface area contributed by atoms with Gasteiger partial charge in [-0.15, -0.1) is 0 Å². The first-order valence-electron chi connectivity index (χ1n) is 11.6. The number of aliphatic hydroxyl groups is 2. The van der Waals surface area contributed by atoms with Crippen LogP contribution in [-0.2, 0) is 37.4 Å². The molecule has 4 rings (SSSR count). The van der Waals surface area contributed by atoms with Gasteiger partial charge in [-0.1, -0.05) is 0 Å². The second-order valence-electron chi connectivity index (χ2n) is 9.36. The van der Waals surface area contributed by atoms with E-state index in [0.717, 1.165) is 28.5 Å². The first-order valence-corrected chi connectivity index (χ1v) is 13.4.